The monoisotopic (exact) mass is 354 g/mol. The van der Waals surface area contributed by atoms with Crippen LogP contribution in [0.1, 0.15) is 84.0 Å². The third-order valence-electron chi connectivity index (χ3n) is 5.42. The van der Waals surface area contributed by atoms with Crippen molar-refractivity contribution in [3.63, 3.8) is 0 Å². The first-order valence-electron chi connectivity index (χ1n) is 10.2. The van der Waals surface area contributed by atoms with Crippen LogP contribution in [0.3, 0.4) is 0 Å². The summed E-state index contributed by atoms with van der Waals surface area (Å²) in [4.78, 5) is 11.1. The summed E-state index contributed by atoms with van der Waals surface area (Å²) < 4.78 is 4.64. The Morgan fingerprint density at radius 2 is 1.92 bits per heavy atom. The maximum absolute atomic E-state index is 11.1. The number of carbonyl (C=O) groups is 1. The zero-order chi connectivity index (χ0) is 18.5. The lowest BCUT2D eigenvalue weighted by Gasteiger charge is -2.20. The van der Waals surface area contributed by atoms with Gasteiger partial charge >= 0.3 is 5.97 Å². The fourth-order valence-corrected chi connectivity index (χ4v) is 3.80. The summed E-state index contributed by atoms with van der Waals surface area (Å²) in [6, 6.07) is 0. The van der Waals surface area contributed by atoms with E-state index in [1.54, 1.807) is 0 Å². The summed E-state index contributed by atoms with van der Waals surface area (Å²) in [6.45, 7) is 2.17. The zero-order valence-electron chi connectivity index (χ0n) is 16.2. The van der Waals surface area contributed by atoms with Crippen LogP contribution in [0.2, 0.25) is 0 Å². The topological polar surface area (TPSA) is 66.8 Å². The predicted molar refractivity (Wildman–Crippen MR) is 101 cm³/mol. The molecular weight excluding hydrogens is 316 g/mol. The molecule has 0 heterocycles. The Balaban J connectivity index is 2.25. The zero-order valence-corrected chi connectivity index (χ0v) is 16.2. The minimum atomic E-state index is -0.344. The van der Waals surface area contributed by atoms with Gasteiger partial charge in [0.1, 0.15) is 0 Å². The summed E-state index contributed by atoms with van der Waals surface area (Å²) in [5.74, 6) is 0.583. The van der Waals surface area contributed by atoms with E-state index in [9.17, 15) is 15.0 Å². The number of allylic oxidation sites excluding steroid dienone is 1. The molecule has 1 saturated carbocycles. The number of ether oxygens (including phenoxy) is 1. The molecule has 146 valence electrons. The van der Waals surface area contributed by atoms with Crippen LogP contribution in [0.5, 0.6) is 0 Å². The smallest absolute Gasteiger partial charge is 0.305 e. The highest BCUT2D eigenvalue weighted by Gasteiger charge is 2.32. The van der Waals surface area contributed by atoms with E-state index in [0.717, 1.165) is 57.8 Å². The van der Waals surface area contributed by atoms with Crippen molar-refractivity contribution in [1.29, 1.82) is 0 Å². The fraction of sp³-hybridized carbons (Fsp3) is 0.857. The average Bonchev–Trinajstić information content (AvgIpc) is 2.96. The van der Waals surface area contributed by atoms with Gasteiger partial charge in [0.2, 0.25) is 0 Å². The molecule has 0 aliphatic heterocycles. The van der Waals surface area contributed by atoms with Crippen molar-refractivity contribution in [2.75, 3.05) is 7.11 Å². The number of hydrogen-bond acceptors (Lipinski definition) is 4. The second kappa shape index (κ2) is 13.3. The number of esters is 1. The Morgan fingerprint density at radius 3 is 2.64 bits per heavy atom. The standard InChI is InChI=1S/C21H38O4/c1-3-4-7-10-18(22)15-13-17-14-16-20(23)19(17)11-8-5-6-9-12-21(24)25-2/h13,15,17-20,22-23H,3-12,14,16H2,1-2H3/b15-13+. The average molecular weight is 355 g/mol. The second-order valence-corrected chi connectivity index (χ2v) is 7.45. The molecule has 0 saturated heterocycles. The lowest BCUT2D eigenvalue weighted by molar-refractivity contribution is -0.140. The van der Waals surface area contributed by atoms with E-state index in [2.05, 4.69) is 17.7 Å². The summed E-state index contributed by atoms with van der Waals surface area (Å²) in [5, 5.41) is 20.3. The molecule has 0 aromatic rings. The molecule has 1 fully saturated rings. The highest BCUT2D eigenvalue weighted by Crippen LogP contribution is 2.36. The molecule has 0 aromatic heterocycles. The Morgan fingerprint density at radius 1 is 1.16 bits per heavy atom. The quantitative estimate of drug-likeness (QED) is 0.292. The molecule has 4 unspecified atom stereocenters. The Labute approximate surface area is 153 Å². The van der Waals surface area contributed by atoms with Crippen LogP contribution in [-0.2, 0) is 9.53 Å². The SMILES string of the molecule is CCCCCC(O)/C=C/C1CCC(O)C1CCCCCCC(=O)OC. The van der Waals surface area contributed by atoms with Crippen LogP contribution in [0.25, 0.3) is 0 Å². The number of aliphatic hydroxyl groups is 2. The van der Waals surface area contributed by atoms with Gasteiger partial charge in [0, 0.05) is 6.42 Å². The van der Waals surface area contributed by atoms with Crippen molar-refractivity contribution in [3.8, 4) is 0 Å². The van der Waals surface area contributed by atoms with Gasteiger partial charge in [-0.1, -0.05) is 57.6 Å². The van der Waals surface area contributed by atoms with Crippen LogP contribution in [0.15, 0.2) is 12.2 Å². The van der Waals surface area contributed by atoms with Crippen molar-refractivity contribution in [2.45, 2.75) is 96.2 Å². The summed E-state index contributed by atoms with van der Waals surface area (Å²) >= 11 is 0. The lowest BCUT2D eigenvalue weighted by Crippen LogP contribution is -2.18. The highest BCUT2D eigenvalue weighted by molar-refractivity contribution is 5.68. The van der Waals surface area contributed by atoms with Gasteiger partial charge in [-0.15, -0.1) is 0 Å². The number of hydrogen-bond donors (Lipinski definition) is 2. The van der Waals surface area contributed by atoms with E-state index in [1.807, 2.05) is 6.08 Å². The van der Waals surface area contributed by atoms with Crippen LogP contribution in [-0.4, -0.2) is 35.5 Å². The van der Waals surface area contributed by atoms with E-state index < -0.39 is 0 Å². The van der Waals surface area contributed by atoms with Gasteiger partial charge in [-0.3, -0.25) is 4.79 Å². The molecular formula is C21H38O4. The first kappa shape index (κ1) is 22.2. The molecule has 0 spiro atoms. The normalized spacial score (nSPS) is 24.7. The fourth-order valence-electron chi connectivity index (χ4n) is 3.80. The Hall–Kier alpha value is -0.870. The van der Waals surface area contributed by atoms with E-state index in [4.69, 9.17) is 0 Å². The van der Waals surface area contributed by atoms with Gasteiger partial charge in [0.05, 0.1) is 19.3 Å². The second-order valence-electron chi connectivity index (χ2n) is 7.45. The van der Waals surface area contributed by atoms with Crippen molar-refractivity contribution >= 4 is 5.97 Å². The van der Waals surface area contributed by atoms with E-state index in [1.165, 1.54) is 20.0 Å². The van der Waals surface area contributed by atoms with Gasteiger partial charge in [0.15, 0.2) is 0 Å². The Kier molecular flexibility index (Phi) is 11.8. The predicted octanol–water partition coefficient (Wildman–Crippen LogP) is 4.38. The van der Waals surface area contributed by atoms with Gasteiger partial charge in [-0.25, -0.2) is 0 Å². The third-order valence-corrected chi connectivity index (χ3v) is 5.42. The molecule has 0 aromatic carbocycles. The molecule has 1 rings (SSSR count). The highest BCUT2D eigenvalue weighted by atomic mass is 16.5. The van der Waals surface area contributed by atoms with Gasteiger partial charge in [-0.05, 0) is 43.9 Å². The van der Waals surface area contributed by atoms with Crippen molar-refractivity contribution in [2.24, 2.45) is 11.8 Å². The minimum absolute atomic E-state index is 0.131. The van der Waals surface area contributed by atoms with Crippen molar-refractivity contribution < 1.29 is 19.7 Å². The molecule has 25 heavy (non-hydrogen) atoms. The molecule has 1 aliphatic carbocycles. The molecule has 0 bridgehead atoms. The van der Waals surface area contributed by atoms with Gasteiger partial charge in [0.25, 0.3) is 0 Å². The number of carbonyl (C=O) groups excluding carboxylic acids is 1. The minimum Gasteiger partial charge on any atom is -0.469 e. The van der Waals surface area contributed by atoms with Crippen LogP contribution in [0.4, 0.5) is 0 Å². The van der Waals surface area contributed by atoms with E-state index in [0.29, 0.717) is 18.3 Å². The summed E-state index contributed by atoms with van der Waals surface area (Å²) in [6.07, 6.45) is 15.3. The molecule has 1 aliphatic rings. The van der Waals surface area contributed by atoms with Gasteiger partial charge in [-0.2, -0.15) is 0 Å². The maximum atomic E-state index is 11.1. The third kappa shape index (κ3) is 9.41. The summed E-state index contributed by atoms with van der Waals surface area (Å²) in [7, 11) is 1.43. The number of methoxy groups -OCH3 is 1. The van der Waals surface area contributed by atoms with Crippen LogP contribution >= 0.6 is 0 Å². The van der Waals surface area contributed by atoms with Crippen LogP contribution < -0.4 is 0 Å². The molecule has 0 amide bonds. The number of rotatable bonds is 13. The lowest BCUT2D eigenvalue weighted by atomic mass is 9.88. The van der Waals surface area contributed by atoms with Crippen molar-refractivity contribution in [1.82, 2.24) is 0 Å². The summed E-state index contributed by atoms with van der Waals surface area (Å²) in [5.41, 5.74) is 0. The Bertz CT molecular complexity index is 380. The molecule has 4 nitrogen and oxygen atoms in total. The molecule has 2 N–H and O–H groups in total. The van der Waals surface area contributed by atoms with E-state index in [-0.39, 0.29) is 18.2 Å². The molecule has 4 atom stereocenters. The number of aliphatic hydroxyl groups excluding tert-OH is 2. The van der Waals surface area contributed by atoms with Crippen LogP contribution in [0, 0.1) is 11.8 Å². The first-order valence-corrected chi connectivity index (χ1v) is 10.2. The number of unbranched alkanes of at least 4 members (excludes halogenated alkanes) is 5. The first-order chi connectivity index (χ1) is 12.1. The maximum Gasteiger partial charge on any atom is 0.305 e. The van der Waals surface area contributed by atoms with Crippen molar-refractivity contribution in [3.05, 3.63) is 12.2 Å². The molecule has 4 heteroatoms. The van der Waals surface area contributed by atoms with Gasteiger partial charge < -0.3 is 14.9 Å². The van der Waals surface area contributed by atoms with E-state index >= 15 is 0 Å². The largest absolute Gasteiger partial charge is 0.469 e. The molecule has 0 radical (unpaired) electrons.